The minimum absolute atomic E-state index is 0.144. The summed E-state index contributed by atoms with van der Waals surface area (Å²) in [5, 5.41) is 7.28. The van der Waals surface area contributed by atoms with E-state index in [1.165, 1.54) is 18.2 Å². The van der Waals surface area contributed by atoms with Crippen molar-refractivity contribution in [1.82, 2.24) is 0 Å². The zero-order valence-electron chi connectivity index (χ0n) is 7.23. The van der Waals surface area contributed by atoms with Gasteiger partial charge in [0.25, 0.3) is 0 Å². The first-order valence-corrected chi connectivity index (χ1v) is 3.84. The van der Waals surface area contributed by atoms with Crippen LogP contribution in [-0.2, 0) is 6.18 Å². The zero-order valence-corrected chi connectivity index (χ0v) is 7.23. The maximum atomic E-state index is 12.4. The molecule has 0 aliphatic rings. The molecule has 4 heteroatoms. The van der Waals surface area contributed by atoms with E-state index in [0.29, 0.717) is 0 Å². The molecule has 0 aliphatic carbocycles. The minimum atomic E-state index is -4.42. The predicted molar refractivity (Wildman–Crippen MR) is 48.5 cm³/mol. The molecular formula is C10H8F3N. The molecular weight excluding hydrogens is 191 g/mol. The maximum absolute atomic E-state index is 12.4. The summed E-state index contributed by atoms with van der Waals surface area (Å²) in [6.45, 7) is 3.27. The first kappa shape index (κ1) is 10.5. The van der Waals surface area contributed by atoms with Crippen molar-refractivity contribution in [1.29, 1.82) is 5.41 Å². The number of rotatable bonds is 2. The molecule has 0 saturated heterocycles. The Labute approximate surface area is 79.4 Å². The van der Waals surface area contributed by atoms with E-state index in [2.05, 4.69) is 6.58 Å². The van der Waals surface area contributed by atoms with Gasteiger partial charge in [-0.2, -0.15) is 13.2 Å². The van der Waals surface area contributed by atoms with Crippen LogP contribution in [0.3, 0.4) is 0 Å². The number of hydrogen-bond donors (Lipinski definition) is 1. The average molecular weight is 199 g/mol. The lowest BCUT2D eigenvalue weighted by atomic mass is 10.0. The lowest BCUT2D eigenvalue weighted by Gasteiger charge is -2.11. The zero-order chi connectivity index (χ0) is 10.8. The van der Waals surface area contributed by atoms with Gasteiger partial charge in [0.05, 0.1) is 11.3 Å². The summed E-state index contributed by atoms with van der Waals surface area (Å²) in [5.41, 5.74) is -1.17. The third kappa shape index (κ3) is 2.02. The highest BCUT2D eigenvalue weighted by Gasteiger charge is 2.33. The van der Waals surface area contributed by atoms with Crippen molar-refractivity contribution >= 4 is 5.71 Å². The van der Waals surface area contributed by atoms with Gasteiger partial charge in [0.1, 0.15) is 0 Å². The molecule has 0 heterocycles. The van der Waals surface area contributed by atoms with E-state index in [4.69, 9.17) is 5.41 Å². The Morgan fingerprint density at radius 1 is 1.29 bits per heavy atom. The molecule has 1 aromatic rings. The van der Waals surface area contributed by atoms with E-state index in [9.17, 15) is 13.2 Å². The molecule has 74 valence electrons. The van der Waals surface area contributed by atoms with E-state index in [0.717, 1.165) is 12.1 Å². The van der Waals surface area contributed by atoms with Gasteiger partial charge in [0, 0.05) is 5.56 Å². The smallest absolute Gasteiger partial charge is 0.300 e. The summed E-state index contributed by atoms with van der Waals surface area (Å²) in [7, 11) is 0. The van der Waals surface area contributed by atoms with Gasteiger partial charge in [-0.15, -0.1) is 0 Å². The second-order valence-electron chi connectivity index (χ2n) is 2.66. The first-order chi connectivity index (χ1) is 6.46. The van der Waals surface area contributed by atoms with Crippen LogP contribution in [0.4, 0.5) is 13.2 Å². The summed E-state index contributed by atoms with van der Waals surface area (Å²) in [4.78, 5) is 0. The van der Waals surface area contributed by atoms with E-state index in [1.54, 1.807) is 0 Å². The Kier molecular flexibility index (Phi) is 2.74. The number of benzene rings is 1. The topological polar surface area (TPSA) is 23.9 Å². The highest BCUT2D eigenvalue weighted by molar-refractivity contribution is 6.07. The van der Waals surface area contributed by atoms with Crippen molar-refractivity contribution in [2.75, 3.05) is 0 Å². The Hall–Kier alpha value is -1.58. The Morgan fingerprint density at radius 3 is 2.36 bits per heavy atom. The van der Waals surface area contributed by atoms with Crippen LogP contribution in [-0.4, -0.2) is 5.71 Å². The molecule has 0 spiro atoms. The largest absolute Gasteiger partial charge is 0.417 e. The number of allylic oxidation sites excluding steroid dienone is 1. The molecule has 0 saturated carbocycles. The Balaban J connectivity index is 3.30. The number of alkyl halides is 3. The fraction of sp³-hybridized carbons (Fsp3) is 0.100. The van der Waals surface area contributed by atoms with Crippen molar-refractivity contribution in [2.24, 2.45) is 0 Å². The van der Waals surface area contributed by atoms with Crippen molar-refractivity contribution < 1.29 is 13.2 Å². The lowest BCUT2D eigenvalue weighted by Crippen LogP contribution is -2.11. The van der Waals surface area contributed by atoms with Gasteiger partial charge < -0.3 is 5.41 Å². The average Bonchev–Trinajstić information content (AvgIpc) is 2.15. The van der Waals surface area contributed by atoms with Crippen molar-refractivity contribution in [3.05, 3.63) is 48.0 Å². The van der Waals surface area contributed by atoms with Crippen molar-refractivity contribution in [3.8, 4) is 0 Å². The molecule has 0 aliphatic heterocycles. The van der Waals surface area contributed by atoms with E-state index in [-0.39, 0.29) is 11.3 Å². The predicted octanol–water partition coefficient (Wildman–Crippen LogP) is 3.26. The second-order valence-corrected chi connectivity index (χ2v) is 2.66. The van der Waals surface area contributed by atoms with Crippen molar-refractivity contribution in [3.63, 3.8) is 0 Å². The molecule has 0 amide bonds. The molecule has 0 atom stereocenters. The molecule has 1 N–H and O–H groups in total. The van der Waals surface area contributed by atoms with Gasteiger partial charge in [0.2, 0.25) is 0 Å². The summed E-state index contributed by atoms with van der Waals surface area (Å²) >= 11 is 0. The molecule has 1 nitrogen and oxygen atoms in total. The van der Waals surface area contributed by atoms with Crippen LogP contribution < -0.4 is 0 Å². The summed E-state index contributed by atoms with van der Waals surface area (Å²) < 4.78 is 37.2. The molecule has 1 rings (SSSR count). The first-order valence-electron chi connectivity index (χ1n) is 3.84. The third-order valence-corrected chi connectivity index (χ3v) is 1.73. The standard InChI is InChI=1S/C10H8F3N/c1-2-9(14)7-5-3-4-6-8(7)10(11,12)13/h2-6,14H,1H2. The molecule has 0 fully saturated rings. The summed E-state index contributed by atoms with van der Waals surface area (Å²) in [6.07, 6.45) is -3.34. The molecule has 0 radical (unpaired) electrons. The molecule has 14 heavy (non-hydrogen) atoms. The van der Waals surface area contributed by atoms with Crippen LogP contribution in [0.5, 0.6) is 0 Å². The second kappa shape index (κ2) is 3.65. The number of hydrogen-bond acceptors (Lipinski definition) is 1. The SMILES string of the molecule is C=CC(=N)c1ccccc1C(F)(F)F. The van der Waals surface area contributed by atoms with Gasteiger partial charge >= 0.3 is 6.18 Å². The highest BCUT2D eigenvalue weighted by Crippen LogP contribution is 2.31. The number of nitrogens with one attached hydrogen (secondary N) is 1. The molecule has 1 aromatic carbocycles. The van der Waals surface area contributed by atoms with E-state index in [1.807, 2.05) is 0 Å². The summed E-state index contributed by atoms with van der Waals surface area (Å²) in [6, 6.07) is 4.96. The van der Waals surface area contributed by atoms with Crippen molar-refractivity contribution in [2.45, 2.75) is 6.18 Å². The van der Waals surface area contributed by atoms with Crippen LogP contribution in [0.1, 0.15) is 11.1 Å². The molecule has 0 unspecified atom stereocenters. The van der Waals surface area contributed by atoms with Crippen LogP contribution in [0.2, 0.25) is 0 Å². The summed E-state index contributed by atoms with van der Waals surface area (Å²) in [5.74, 6) is 0. The van der Waals surface area contributed by atoms with Crippen LogP contribution >= 0.6 is 0 Å². The Bertz CT molecular complexity index is 366. The van der Waals surface area contributed by atoms with Crippen LogP contribution in [0, 0.1) is 5.41 Å². The van der Waals surface area contributed by atoms with Crippen LogP contribution in [0.25, 0.3) is 0 Å². The molecule has 0 bridgehead atoms. The molecule has 0 aromatic heterocycles. The highest BCUT2D eigenvalue weighted by atomic mass is 19.4. The van der Waals surface area contributed by atoms with Crippen LogP contribution in [0.15, 0.2) is 36.9 Å². The van der Waals surface area contributed by atoms with Gasteiger partial charge in [0.15, 0.2) is 0 Å². The van der Waals surface area contributed by atoms with E-state index >= 15 is 0 Å². The fourth-order valence-electron chi connectivity index (χ4n) is 1.08. The monoisotopic (exact) mass is 199 g/mol. The number of halogens is 3. The van der Waals surface area contributed by atoms with Gasteiger partial charge in [-0.1, -0.05) is 24.8 Å². The van der Waals surface area contributed by atoms with Gasteiger partial charge in [-0.05, 0) is 12.1 Å². The Morgan fingerprint density at radius 2 is 1.86 bits per heavy atom. The van der Waals surface area contributed by atoms with Gasteiger partial charge in [-0.25, -0.2) is 0 Å². The lowest BCUT2D eigenvalue weighted by molar-refractivity contribution is -0.137. The van der Waals surface area contributed by atoms with Gasteiger partial charge in [-0.3, -0.25) is 0 Å². The fourth-order valence-corrected chi connectivity index (χ4v) is 1.08. The normalized spacial score (nSPS) is 11.1. The maximum Gasteiger partial charge on any atom is 0.417 e. The quantitative estimate of drug-likeness (QED) is 0.707. The minimum Gasteiger partial charge on any atom is -0.300 e. The van der Waals surface area contributed by atoms with E-state index < -0.39 is 11.7 Å². The third-order valence-electron chi connectivity index (χ3n) is 1.73.